The minimum absolute atomic E-state index is 0.524. The van der Waals surface area contributed by atoms with Crippen molar-refractivity contribution in [3.05, 3.63) is 41.9 Å². The maximum Gasteiger partial charge on any atom is 0.225 e. The highest BCUT2D eigenvalue weighted by Crippen LogP contribution is 2.21. The van der Waals surface area contributed by atoms with Gasteiger partial charge >= 0.3 is 0 Å². The summed E-state index contributed by atoms with van der Waals surface area (Å²) in [5.41, 5.74) is 2.30. The van der Waals surface area contributed by atoms with E-state index in [4.69, 9.17) is 4.98 Å². The van der Waals surface area contributed by atoms with Gasteiger partial charge in [0.05, 0.1) is 0 Å². The van der Waals surface area contributed by atoms with Crippen molar-refractivity contribution < 1.29 is 0 Å². The summed E-state index contributed by atoms with van der Waals surface area (Å²) in [6, 6.07) is 6.71. The van der Waals surface area contributed by atoms with Crippen LogP contribution in [0.4, 0.5) is 11.8 Å². The maximum absolute atomic E-state index is 4.73. The molecule has 3 rings (SSSR count). The normalized spacial score (nSPS) is 15.2. The van der Waals surface area contributed by atoms with Crippen LogP contribution in [-0.4, -0.2) is 34.6 Å². The van der Waals surface area contributed by atoms with E-state index in [-0.39, 0.29) is 0 Å². The lowest BCUT2D eigenvalue weighted by atomic mass is 9.96. The third-order valence-corrected chi connectivity index (χ3v) is 4.66. The first-order chi connectivity index (χ1) is 11.7. The summed E-state index contributed by atoms with van der Waals surface area (Å²) in [7, 11) is 2.09. The lowest BCUT2D eigenvalue weighted by Gasteiger charge is -2.24. The van der Waals surface area contributed by atoms with Crippen LogP contribution in [-0.2, 0) is 6.42 Å². The van der Waals surface area contributed by atoms with E-state index in [1.54, 1.807) is 0 Å². The van der Waals surface area contributed by atoms with Crippen LogP contribution in [0.2, 0.25) is 0 Å². The van der Waals surface area contributed by atoms with Gasteiger partial charge in [-0.15, -0.1) is 0 Å². The Hall–Kier alpha value is -2.17. The van der Waals surface area contributed by atoms with Gasteiger partial charge in [0.1, 0.15) is 5.82 Å². The van der Waals surface area contributed by atoms with Gasteiger partial charge in [-0.3, -0.25) is 4.98 Å². The predicted octanol–water partition coefficient (Wildman–Crippen LogP) is 3.60. The molecule has 2 heterocycles. The number of aromatic nitrogens is 3. The lowest BCUT2D eigenvalue weighted by Crippen LogP contribution is -2.25. The summed E-state index contributed by atoms with van der Waals surface area (Å²) in [6.07, 6.45) is 11.1. The number of pyridine rings is 1. The van der Waals surface area contributed by atoms with Crippen LogP contribution in [0.25, 0.3) is 0 Å². The number of hydrogen-bond donors (Lipinski definition) is 1. The average Bonchev–Trinajstić information content (AvgIpc) is 2.61. The van der Waals surface area contributed by atoms with Gasteiger partial charge in [0, 0.05) is 43.8 Å². The molecule has 1 aliphatic rings. The van der Waals surface area contributed by atoms with Crippen LogP contribution < -0.4 is 10.2 Å². The number of hydrogen-bond acceptors (Lipinski definition) is 5. The van der Waals surface area contributed by atoms with E-state index in [9.17, 15) is 0 Å². The molecule has 0 spiro atoms. The zero-order valence-electron chi connectivity index (χ0n) is 14.7. The Morgan fingerprint density at radius 3 is 2.62 bits per heavy atom. The second kappa shape index (κ2) is 8.08. The van der Waals surface area contributed by atoms with Gasteiger partial charge < -0.3 is 10.2 Å². The Balaban J connectivity index is 1.63. The molecule has 5 nitrogen and oxygen atoms in total. The number of anilines is 2. The average molecular weight is 325 g/mol. The van der Waals surface area contributed by atoms with Crippen LogP contribution in [0, 0.1) is 6.92 Å². The highest BCUT2D eigenvalue weighted by molar-refractivity contribution is 5.44. The second-order valence-electron chi connectivity index (χ2n) is 6.70. The molecule has 0 bridgehead atoms. The number of nitrogens with one attached hydrogen (secondary N) is 1. The van der Waals surface area contributed by atoms with Crippen molar-refractivity contribution in [1.82, 2.24) is 15.0 Å². The first-order valence-corrected chi connectivity index (χ1v) is 8.93. The van der Waals surface area contributed by atoms with Gasteiger partial charge in [0.15, 0.2) is 0 Å². The standard InChI is InChI=1S/C19H27N5/c1-15-14-18(24(2)13-10-16-8-11-20-12-9-16)23-19(21-15)22-17-6-4-3-5-7-17/h8-9,11-12,14,17H,3-7,10,13H2,1-2H3,(H,21,22,23). The summed E-state index contributed by atoms with van der Waals surface area (Å²) in [6.45, 7) is 2.96. The predicted molar refractivity (Wildman–Crippen MR) is 98.5 cm³/mol. The Kier molecular flexibility index (Phi) is 5.62. The van der Waals surface area contributed by atoms with Gasteiger partial charge in [0.25, 0.3) is 0 Å². The molecule has 1 aliphatic carbocycles. The Labute approximate surface area is 144 Å². The Morgan fingerprint density at radius 1 is 1.12 bits per heavy atom. The largest absolute Gasteiger partial charge is 0.359 e. The zero-order valence-corrected chi connectivity index (χ0v) is 14.7. The van der Waals surface area contributed by atoms with Gasteiger partial charge in [-0.1, -0.05) is 19.3 Å². The van der Waals surface area contributed by atoms with Gasteiger partial charge in [-0.2, -0.15) is 4.98 Å². The van der Waals surface area contributed by atoms with Crippen LogP contribution in [0.1, 0.15) is 43.4 Å². The summed E-state index contributed by atoms with van der Waals surface area (Å²) in [5, 5.41) is 3.53. The van der Waals surface area contributed by atoms with Crippen LogP contribution in [0.15, 0.2) is 30.6 Å². The fraction of sp³-hybridized carbons (Fsp3) is 0.526. The Bertz CT molecular complexity index is 637. The topological polar surface area (TPSA) is 53.9 Å². The van der Waals surface area contributed by atoms with E-state index in [0.29, 0.717) is 6.04 Å². The molecule has 1 saturated carbocycles. The zero-order chi connectivity index (χ0) is 16.8. The smallest absolute Gasteiger partial charge is 0.225 e. The van der Waals surface area contributed by atoms with E-state index < -0.39 is 0 Å². The molecule has 1 N–H and O–H groups in total. The molecule has 2 aromatic rings. The van der Waals surface area contributed by atoms with Crippen molar-refractivity contribution in [1.29, 1.82) is 0 Å². The maximum atomic E-state index is 4.73. The van der Waals surface area contributed by atoms with Crippen molar-refractivity contribution in [2.75, 3.05) is 23.8 Å². The van der Waals surface area contributed by atoms with Crippen molar-refractivity contribution in [2.45, 2.75) is 51.5 Å². The molecule has 128 valence electrons. The van der Waals surface area contributed by atoms with Crippen molar-refractivity contribution in [3.63, 3.8) is 0 Å². The van der Waals surface area contributed by atoms with Gasteiger partial charge in [-0.05, 0) is 43.9 Å². The van der Waals surface area contributed by atoms with Crippen LogP contribution in [0.5, 0.6) is 0 Å². The lowest BCUT2D eigenvalue weighted by molar-refractivity contribution is 0.460. The van der Waals surface area contributed by atoms with E-state index in [2.05, 4.69) is 45.4 Å². The molecule has 0 amide bonds. The molecule has 0 radical (unpaired) electrons. The third-order valence-electron chi connectivity index (χ3n) is 4.66. The molecule has 0 aliphatic heterocycles. The summed E-state index contributed by atoms with van der Waals surface area (Å²) in [4.78, 5) is 15.6. The van der Waals surface area contributed by atoms with Gasteiger partial charge in [-0.25, -0.2) is 4.98 Å². The van der Waals surface area contributed by atoms with E-state index in [0.717, 1.165) is 30.4 Å². The Morgan fingerprint density at radius 2 is 1.88 bits per heavy atom. The van der Waals surface area contributed by atoms with Crippen LogP contribution in [0.3, 0.4) is 0 Å². The van der Waals surface area contributed by atoms with Crippen molar-refractivity contribution in [2.24, 2.45) is 0 Å². The number of nitrogens with zero attached hydrogens (tertiary/aromatic N) is 4. The number of rotatable bonds is 6. The number of aryl methyl sites for hydroxylation is 1. The fourth-order valence-electron chi connectivity index (χ4n) is 3.20. The molecule has 24 heavy (non-hydrogen) atoms. The molecule has 0 unspecified atom stereocenters. The summed E-state index contributed by atoms with van der Waals surface area (Å²) < 4.78 is 0. The van der Waals surface area contributed by atoms with Crippen molar-refractivity contribution >= 4 is 11.8 Å². The summed E-state index contributed by atoms with van der Waals surface area (Å²) in [5.74, 6) is 1.75. The molecule has 0 atom stereocenters. The van der Waals surface area contributed by atoms with Gasteiger partial charge in [0.2, 0.25) is 5.95 Å². The molecule has 0 aromatic carbocycles. The molecular formula is C19H27N5. The van der Waals surface area contributed by atoms with Crippen molar-refractivity contribution in [3.8, 4) is 0 Å². The van der Waals surface area contributed by atoms with E-state index in [1.807, 2.05) is 19.3 Å². The first-order valence-electron chi connectivity index (χ1n) is 8.93. The second-order valence-corrected chi connectivity index (χ2v) is 6.70. The van der Waals surface area contributed by atoms with E-state index >= 15 is 0 Å². The monoisotopic (exact) mass is 325 g/mol. The molecule has 5 heteroatoms. The number of likely N-dealkylation sites (N-methyl/N-ethyl adjacent to an activating group) is 1. The molecular weight excluding hydrogens is 298 g/mol. The quantitative estimate of drug-likeness (QED) is 0.879. The molecule has 1 fully saturated rings. The molecule has 0 saturated heterocycles. The minimum atomic E-state index is 0.524. The summed E-state index contributed by atoms with van der Waals surface area (Å²) >= 11 is 0. The third kappa shape index (κ3) is 4.66. The SMILES string of the molecule is Cc1cc(N(C)CCc2ccncc2)nc(NC2CCCCC2)n1. The van der Waals surface area contributed by atoms with Crippen LogP contribution >= 0.6 is 0 Å². The fourth-order valence-corrected chi connectivity index (χ4v) is 3.20. The van der Waals surface area contributed by atoms with E-state index in [1.165, 1.54) is 37.7 Å². The highest BCUT2D eigenvalue weighted by Gasteiger charge is 2.15. The minimum Gasteiger partial charge on any atom is -0.359 e. The highest BCUT2D eigenvalue weighted by atomic mass is 15.2. The first kappa shape index (κ1) is 16.7. The molecule has 2 aromatic heterocycles.